The van der Waals surface area contributed by atoms with Crippen LogP contribution in [-0.4, -0.2) is 49.3 Å². The van der Waals surface area contributed by atoms with Crippen LogP contribution in [-0.2, 0) is 32.7 Å². The van der Waals surface area contributed by atoms with Gasteiger partial charge in [0.15, 0.2) is 6.10 Å². The monoisotopic (exact) mass is 762 g/mol. The molecule has 0 rings (SSSR count). The van der Waals surface area contributed by atoms with E-state index in [2.05, 4.69) is 13.8 Å². The van der Waals surface area contributed by atoms with Crippen molar-refractivity contribution in [2.45, 2.75) is 232 Å². The Morgan fingerprint density at radius 2 is 0.827 bits per heavy atom. The summed E-state index contributed by atoms with van der Waals surface area (Å²) in [5.41, 5.74) is 5.34. The molecule has 0 aromatic rings. The minimum atomic E-state index is -4.36. The Balaban J connectivity index is 3.94. The molecule has 0 heterocycles. The molecule has 0 amide bonds. The van der Waals surface area contributed by atoms with Crippen LogP contribution in [0, 0.1) is 0 Å². The molecule has 0 aromatic heterocycles. The van der Waals surface area contributed by atoms with Crippen molar-refractivity contribution < 1.29 is 37.6 Å². The third-order valence-corrected chi connectivity index (χ3v) is 10.7. The van der Waals surface area contributed by atoms with E-state index in [9.17, 15) is 19.0 Å². The number of carbonyl (C=O) groups is 2. The topological polar surface area (TPSA) is 134 Å². The SMILES string of the molecule is CCCCCCCCCCCCCCCCCCCCCCCCC(=O)OC[C@H](COP(=O)(O)OCCN)OC(=O)CCCCCCCCCCC. The van der Waals surface area contributed by atoms with Crippen molar-refractivity contribution >= 4 is 19.8 Å². The van der Waals surface area contributed by atoms with Gasteiger partial charge in [-0.1, -0.05) is 200 Å². The molecule has 9 nitrogen and oxygen atoms in total. The number of phosphoric acid groups is 1. The van der Waals surface area contributed by atoms with Crippen molar-refractivity contribution in [1.82, 2.24) is 0 Å². The maximum absolute atomic E-state index is 12.5. The number of rotatable bonds is 42. The van der Waals surface area contributed by atoms with Crippen LogP contribution in [0.15, 0.2) is 0 Å². The van der Waals surface area contributed by atoms with Crippen LogP contribution in [0.4, 0.5) is 0 Å². The smallest absolute Gasteiger partial charge is 0.462 e. The van der Waals surface area contributed by atoms with Gasteiger partial charge in [-0.2, -0.15) is 0 Å². The maximum atomic E-state index is 12.5. The lowest BCUT2D eigenvalue weighted by molar-refractivity contribution is -0.161. The molecular formula is C42H84NO8P. The van der Waals surface area contributed by atoms with E-state index in [-0.39, 0.29) is 38.6 Å². The molecule has 310 valence electrons. The Labute approximate surface area is 320 Å². The van der Waals surface area contributed by atoms with E-state index in [4.69, 9.17) is 24.3 Å². The highest BCUT2D eigenvalue weighted by atomic mass is 31.2. The van der Waals surface area contributed by atoms with Gasteiger partial charge in [0.2, 0.25) is 0 Å². The van der Waals surface area contributed by atoms with Crippen LogP contribution < -0.4 is 5.73 Å². The zero-order valence-electron chi connectivity index (χ0n) is 34.1. The Hall–Kier alpha value is -0.990. The standard InChI is InChI=1S/C42H84NO8P/c1-3-5-7-9-11-13-14-15-16-17-18-19-20-21-22-23-24-25-27-28-30-32-34-41(44)48-38-40(39-50-52(46,47)49-37-36-43)51-42(45)35-33-31-29-26-12-10-8-6-4-2/h40H,3-39,43H2,1-2H3,(H,46,47)/t40-/m1/s1. The Morgan fingerprint density at radius 1 is 0.500 bits per heavy atom. The minimum absolute atomic E-state index is 0.0578. The molecule has 52 heavy (non-hydrogen) atoms. The second-order valence-corrected chi connectivity index (χ2v) is 16.4. The fourth-order valence-electron chi connectivity index (χ4n) is 6.46. The van der Waals surface area contributed by atoms with Gasteiger partial charge in [0, 0.05) is 19.4 Å². The molecule has 1 unspecified atom stereocenters. The van der Waals surface area contributed by atoms with E-state index < -0.39 is 26.5 Å². The van der Waals surface area contributed by atoms with Gasteiger partial charge < -0.3 is 20.1 Å². The Kier molecular flexibility index (Phi) is 38.9. The van der Waals surface area contributed by atoms with Gasteiger partial charge in [0.05, 0.1) is 13.2 Å². The first-order valence-electron chi connectivity index (χ1n) is 22.0. The zero-order chi connectivity index (χ0) is 38.2. The van der Waals surface area contributed by atoms with Crippen LogP contribution in [0.2, 0.25) is 0 Å². The van der Waals surface area contributed by atoms with Crippen LogP contribution in [0.3, 0.4) is 0 Å². The molecule has 10 heteroatoms. The molecule has 3 N–H and O–H groups in total. The predicted molar refractivity (Wildman–Crippen MR) is 215 cm³/mol. The van der Waals surface area contributed by atoms with Crippen molar-refractivity contribution in [1.29, 1.82) is 0 Å². The summed E-state index contributed by atoms with van der Waals surface area (Å²) in [7, 11) is -4.36. The third-order valence-electron chi connectivity index (χ3n) is 9.74. The lowest BCUT2D eigenvalue weighted by Gasteiger charge is -2.19. The average Bonchev–Trinajstić information content (AvgIpc) is 3.13. The zero-order valence-corrected chi connectivity index (χ0v) is 35.0. The van der Waals surface area contributed by atoms with Gasteiger partial charge in [-0.15, -0.1) is 0 Å². The summed E-state index contributed by atoms with van der Waals surface area (Å²) >= 11 is 0. The summed E-state index contributed by atoms with van der Waals surface area (Å²) in [6.45, 7) is 3.74. The van der Waals surface area contributed by atoms with Crippen LogP contribution >= 0.6 is 7.82 Å². The molecule has 0 spiro atoms. The van der Waals surface area contributed by atoms with Crippen molar-refractivity contribution in [2.75, 3.05) is 26.4 Å². The largest absolute Gasteiger partial charge is 0.472 e. The summed E-state index contributed by atoms with van der Waals surface area (Å²) in [5, 5.41) is 0. The molecule has 0 aliphatic heterocycles. The second kappa shape index (κ2) is 39.7. The van der Waals surface area contributed by atoms with E-state index in [0.717, 1.165) is 32.1 Å². The van der Waals surface area contributed by atoms with Crippen molar-refractivity contribution in [3.63, 3.8) is 0 Å². The van der Waals surface area contributed by atoms with Crippen LogP contribution in [0.1, 0.15) is 226 Å². The summed E-state index contributed by atoms with van der Waals surface area (Å²) in [6, 6.07) is 0. The molecule has 0 saturated heterocycles. The molecule has 0 aliphatic rings. The van der Waals surface area contributed by atoms with E-state index in [1.165, 1.54) is 161 Å². The van der Waals surface area contributed by atoms with Gasteiger partial charge in [0.25, 0.3) is 0 Å². The molecule has 0 bridgehead atoms. The number of phosphoric ester groups is 1. The average molecular weight is 762 g/mol. The lowest BCUT2D eigenvalue weighted by Crippen LogP contribution is -2.29. The number of ether oxygens (including phenoxy) is 2. The normalized spacial score (nSPS) is 13.2. The summed E-state index contributed by atoms with van der Waals surface area (Å²) in [6.07, 6.45) is 38.7. The molecule has 0 aromatic carbocycles. The maximum Gasteiger partial charge on any atom is 0.472 e. The summed E-state index contributed by atoms with van der Waals surface area (Å²) in [5.74, 6) is -0.817. The molecular weight excluding hydrogens is 677 g/mol. The number of unbranched alkanes of at least 4 members (excludes halogenated alkanes) is 29. The highest BCUT2D eigenvalue weighted by molar-refractivity contribution is 7.47. The molecule has 0 aliphatic carbocycles. The van der Waals surface area contributed by atoms with Crippen LogP contribution in [0.5, 0.6) is 0 Å². The van der Waals surface area contributed by atoms with E-state index in [0.29, 0.717) is 6.42 Å². The van der Waals surface area contributed by atoms with Gasteiger partial charge in [-0.05, 0) is 12.8 Å². The predicted octanol–water partition coefficient (Wildman–Crippen LogP) is 12.4. The highest BCUT2D eigenvalue weighted by Crippen LogP contribution is 2.43. The van der Waals surface area contributed by atoms with E-state index in [1.54, 1.807) is 0 Å². The summed E-state index contributed by atoms with van der Waals surface area (Å²) in [4.78, 5) is 34.7. The molecule has 0 saturated carbocycles. The van der Waals surface area contributed by atoms with Crippen LogP contribution in [0.25, 0.3) is 0 Å². The first kappa shape index (κ1) is 51.0. The quantitative estimate of drug-likeness (QED) is 0.0354. The molecule has 0 fully saturated rings. The molecule has 0 radical (unpaired) electrons. The number of carbonyl (C=O) groups excluding carboxylic acids is 2. The van der Waals surface area contributed by atoms with Gasteiger partial charge in [0.1, 0.15) is 6.61 Å². The van der Waals surface area contributed by atoms with Gasteiger partial charge >= 0.3 is 19.8 Å². The Bertz CT molecular complexity index is 830. The number of esters is 2. The molecule has 2 atom stereocenters. The van der Waals surface area contributed by atoms with Crippen molar-refractivity contribution in [3.05, 3.63) is 0 Å². The third kappa shape index (κ3) is 38.7. The first-order valence-corrected chi connectivity index (χ1v) is 23.5. The minimum Gasteiger partial charge on any atom is -0.462 e. The lowest BCUT2D eigenvalue weighted by atomic mass is 10.0. The first-order chi connectivity index (χ1) is 25.3. The van der Waals surface area contributed by atoms with Gasteiger partial charge in [-0.25, -0.2) is 4.57 Å². The van der Waals surface area contributed by atoms with E-state index >= 15 is 0 Å². The second-order valence-electron chi connectivity index (χ2n) is 14.9. The van der Waals surface area contributed by atoms with Gasteiger partial charge in [-0.3, -0.25) is 18.6 Å². The van der Waals surface area contributed by atoms with Crippen molar-refractivity contribution in [2.24, 2.45) is 5.73 Å². The Morgan fingerprint density at radius 3 is 1.17 bits per heavy atom. The number of hydrogen-bond acceptors (Lipinski definition) is 8. The highest BCUT2D eigenvalue weighted by Gasteiger charge is 2.26. The fraction of sp³-hybridized carbons (Fsp3) is 0.952. The summed E-state index contributed by atoms with van der Waals surface area (Å²) < 4.78 is 32.7. The number of nitrogens with two attached hydrogens (primary N) is 1. The van der Waals surface area contributed by atoms with E-state index in [1.807, 2.05) is 0 Å². The fourth-order valence-corrected chi connectivity index (χ4v) is 7.23. The number of hydrogen-bond donors (Lipinski definition) is 2. The van der Waals surface area contributed by atoms with Crippen molar-refractivity contribution in [3.8, 4) is 0 Å².